The van der Waals surface area contributed by atoms with E-state index in [-0.39, 0.29) is 5.78 Å². The summed E-state index contributed by atoms with van der Waals surface area (Å²) in [6, 6.07) is 26.1. The molecule has 0 aliphatic carbocycles. The van der Waals surface area contributed by atoms with Crippen molar-refractivity contribution < 1.29 is 23.7 Å². The fourth-order valence-electron chi connectivity index (χ4n) is 4.36. The molecule has 0 unspecified atom stereocenters. The number of nitrogens with one attached hydrogen (secondary N) is 1. The summed E-state index contributed by atoms with van der Waals surface area (Å²) in [5.74, 6) is 3.53. The third kappa shape index (κ3) is 5.96. The van der Waals surface area contributed by atoms with Crippen molar-refractivity contribution in [3.8, 4) is 34.4 Å². The van der Waals surface area contributed by atoms with Crippen LogP contribution in [0.25, 0.3) is 28.4 Å². The van der Waals surface area contributed by atoms with Crippen molar-refractivity contribution in [2.75, 3.05) is 33.8 Å². The number of para-hydroxylation sites is 1. The van der Waals surface area contributed by atoms with Crippen LogP contribution in [-0.2, 0) is 0 Å². The highest BCUT2D eigenvalue weighted by molar-refractivity contribution is 6.07. The van der Waals surface area contributed by atoms with E-state index in [9.17, 15) is 4.79 Å². The monoisotopic (exact) mass is 547 g/mol. The molecular formula is C33H29N3O5. The predicted octanol–water partition coefficient (Wildman–Crippen LogP) is 6.97. The summed E-state index contributed by atoms with van der Waals surface area (Å²) >= 11 is 0. The summed E-state index contributed by atoms with van der Waals surface area (Å²) < 4.78 is 21.4. The first-order valence-electron chi connectivity index (χ1n) is 12.8. The first kappa shape index (κ1) is 27.2. The molecule has 0 bridgehead atoms. The largest absolute Gasteiger partial charge is 0.493 e. The number of anilines is 2. The van der Waals surface area contributed by atoms with Gasteiger partial charge in [-0.3, -0.25) is 4.79 Å². The van der Waals surface area contributed by atoms with Gasteiger partial charge < -0.3 is 24.3 Å². The molecule has 0 atom stereocenters. The molecule has 0 radical (unpaired) electrons. The van der Waals surface area contributed by atoms with Gasteiger partial charge in [-0.1, -0.05) is 24.3 Å². The first-order valence-corrected chi connectivity index (χ1v) is 12.8. The second-order valence-electron chi connectivity index (χ2n) is 9.00. The smallest absolute Gasteiger partial charge is 0.185 e. The Morgan fingerprint density at radius 3 is 2.07 bits per heavy atom. The Balaban J connectivity index is 1.38. The number of carbonyl (C=O) groups is 1. The Kier molecular flexibility index (Phi) is 8.10. The Labute approximate surface area is 238 Å². The van der Waals surface area contributed by atoms with Gasteiger partial charge in [0.1, 0.15) is 5.82 Å². The molecule has 0 saturated carbocycles. The molecule has 0 saturated heterocycles. The number of fused-ring (bicyclic) bond motifs is 1. The van der Waals surface area contributed by atoms with E-state index >= 15 is 0 Å². The van der Waals surface area contributed by atoms with Crippen molar-refractivity contribution in [2.45, 2.75) is 0 Å². The van der Waals surface area contributed by atoms with Gasteiger partial charge in [-0.15, -0.1) is 0 Å². The van der Waals surface area contributed by atoms with Crippen LogP contribution >= 0.6 is 0 Å². The average Bonchev–Trinajstić information content (AvgIpc) is 3.03. The van der Waals surface area contributed by atoms with Gasteiger partial charge in [0.25, 0.3) is 0 Å². The minimum Gasteiger partial charge on any atom is -0.493 e. The van der Waals surface area contributed by atoms with Crippen molar-refractivity contribution in [3.05, 3.63) is 102 Å². The van der Waals surface area contributed by atoms with Crippen molar-refractivity contribution >= 4 is 34.3 Å². The van der Waals surface area contributed by atoms with Crippen LogP contribution in [0.4, 0.5) is 11.5 Å². The summed E-state index contributed by atoms with van der Waals surface area (Å²) in [5, 5.41) is 4.26. The Bertz CT molecular complexity index is 1730. The summed E-state index contributed by atoms with van der Waals surface area (Å²) in [6.45, 7) is 0. The molecule has 206 valence electrons. The molecule has 1 heterocycles. The average molecular weight is 548 g/mol. The minimum atomic E-state index is -0.116. The number of allylic oxidation sites excluding steroid dienone is 1. The highest BCUT2D eigenvalue weighted by Gasteiger charge is 2.13. The Morgan fingerprint density at radius 1 is 0.707 bits per heavy atom. The number of benzene rings is 4. The fraction of sp³-hybridized carbons (Fsp3) is 0.121. The van der Waals surface area contributed by atoms with E-state index in [4.69, 9.17) is 28.9 Å². The van der Waals surface area contributed by atoms with Gasteiger partial charge in [-0.05, 0) is 78.4 Å². The zero-order valence-electron chi connectivity index (χ0n) is 23.2. The molecule has 5 aromatic rings. The van der Waals surface area contributed by atoms with Gasteiger partial charge in [0.05, 0.1) is 34.0 Å². The zero-order chi connectivity index (χ0) is 28.8. The zero-order valence-corrected chi connectivity index (χ0v) is 23.2. The van der Waals surface area contributed by atoms with E-state index in [0.717, 1.165) is 27.7 Å². The second kappa shape index (κ2) is 12.2. The third-order valence-corrected chi connectivity index (χ3v) is 6.51. The van der Waals surface area contributed by atoms with E-state index in [1.807, 2.05) is 66.7 Å². The molecule has 5 rings (SSSR count). The maximum absolute atomic E-state index is 12.8. The lowest BCUT2D eigenvalue weighted by Gasteiger charge is -2.13. The maximum atomic E-state index is 12.8. The molecule has 1 N–H and O–H groups in total. The Morgan fingerprint density at radius 2 is 1.37 bits per heavy atom. The van der Waals surface area contributed by atoms with Crippen molar-refractivity contribution in [1.29, 1.82) is 0 Å². The van der Waals surface area contributed by atoms with E-state index in [2.05, 4.69) is 5.32 Å². The quantitative estimate of drug-likeness (QED) is 0.148. The maximum Gasteiger partial charge on any atom is 0.185 e. The number of ether oxygens (including phenoxy) is 4. The normalized spacial score (nSPS) is 10.9. The van der Waals surface area contributed by atoms with Crippen molar-refractivity contribution in [1.82, 2.24) is 9.97 Å². The van der Waals surface area contributed by atoms with Gasteiger partial charge in [-0.2, -0.15) is 0 Å². The fourth-order valence-corrected chi connectivity index (χ4v) is 4.36. The Hall–Kier alpha value is -5.37. The minimum absolute atomic E-state index is 0.116. The molecule has 0 amide bonds. The molecule has 0 aliphatic heterocycles. The summed E-state index contributed by atoms with van der Waals surface area (Å²) in [4.78, 5) is 22.4. The van der Waals surface area contributed by atoms with Gasteiger partial charge in [0, 0.05) is 22.2 Å². The van der Waals surface area contributed by atoms with Crippen LogP contribution in [0.1, 0.15) is 15.9 Å². The standard InChI is InChI=1S/C33H29N3O5/c1-38-28-17-10-21(19-30(28)40-3)9-16-27(37)22-11-14-24(15-12-22)34-33-25-7-5-6-8-26(25)35-32(36-33)23-13-18-29(39-2)31(20-23)41-4/h5-20H,1-4H3,(H,34,35,36)/b16-9+. The molecule has 0 aliphatic rings. The number of nitrogens with zero attached hydrogens (tertiary/aromatic N) is 2. The molecule has 0 spiro atoms. The van der Waals surface area contributed by atoms with Crippen molar-refractivity contribution in [2.24, 2.45) is 0 Å². The number of hydrogen-bond donors (Lipinski definition) is 1. The lowest BCUT2D eigenvalue weighted by atomic mass is 10.1. The number of aromatic nitrogens is 2. The predicted molar refractivity (Wildman–Crippen MR) is 161 cm³/mol. The van der Waals surface area contributed by atoms with Crippen LogP contribution in [0, 0.1) is 0 Å². The molecule has 8 nitrogen and oxygen atoms in total. The number of hydrogen-bond acceptors (Lipinski definition) is 8. The highest BCUT2D eigenvalue weighted by Crippen LogP contribution is 2.33. The van der Waals surface area contributed by atoms with E-state index < -0.39 is 0 Å². The van der Waals surface area contributed by atoms with Gasteiger partial charge in [0.15, 0.2) is 34.6 Å². The topological polar surface area (TPSA) is 91.8 Å². The van der Waals surface area contributed by atoms with Crippen LogP contribution in [0.2, 0.25) is 0 Å². The van der Waals surface area contributed by atoms with E-state index in [1.54, 1.807) is 52.7 Å². The SMILES string of the molecule is COc1ccc(/C=C/C(=O)c2ccc(Nc3nc(-c4ccc(OC)c(OC)c4)nc4ccccc34)cc2)cc1OC. The lowest BCUT2D eigenvalue weighted by Crippen LogP contribution is -2.00. The highest BCUT2D eigenvalue weighted by atomic mass is 16.5. The van der Waals surface area contributed by atoms with E-state index in [0.29, 0.717) is 40.2 Å². The van der Waals surface area contributed by atoms with Crippen LogP contribution < -0.4 is 24.3 Å². The number of methoxy groups -OCH3 is 4. The van der Waals surface area contributed by atoms with Crippen molar-refractivity contribution in [3.63, 3.8) is 0 Å². The first-order chi connectivity index (χ1) is 20.0. The van der Waals surface area contributed by atoms with E-state index in [1.165, 1.54) is 6.08 Å². The summed E-state index contributed by atoms with van der Waals surface area (Å²) in [5.41, 5.74) is 3.76. The van der Waals surface area contributed by atoms with Crippen LogP contribution in [-0.4, -0.2) is 44.2 Å². The van der Waals surface area contributed by atoms with Gasteiger partial charge >= 0.3 is 0 Å². The number of ketones is 1. The molecule has 4 aromatic carbocycles. The molecule has 8 heteroatoms. The molecule has 41 heavy (non-hydrogen) atoms. The summed E-state index contributed by atoms with van der Waals surface area (Å²) in [7, 11) is 6.35. The third-order valence-electron chi connectivity index (χ3n) is 6.51. The van der Waals surface area contributed by atoms with Crippen LogP contribution in [0.3, 0.4) is 0 Å². The van der Waals surface area contributed by atoms with Crippen LogP contribution in [0.15, 0.2) is 91.0 Å². The molecular weight excluding hydrogens is 518 g/mol. The van der Waals surface area contributed by atoms with Crippen LogP contribution in [0.5, 0.6) is 23.0 Å². The number of rotatable bonds is 10. The molecule has 0 fully saturated rings. The molecule has 1 aromatic heterocycles. The lowest BCUT2D eigenvalue weighted by molar-refractivity contribution is 0.104. The number of carbonyl (C=O) groups excluding carboxylic acids is 1. The second-order valence-corrected chi connectivity index (χ2v) is 9.00. The van der Waals surface area contributed by atoms with Gasteiger partial charge in [0.2, 0.25) is 0 Å². The van der Waals surface area contributed by atoms with Gasteiger partial charge in [-0.25, -0.2) is 9.97 Å². The summed E-state index contributed by atoms with van der Waals surface area (Å²) in [6.07, 6.45) is 3.29.